The van der Waals surface area contributed by atoms with E-state index in [1.165, 1.54) is 25.0 Å². The zero-order valence-corrected chi connectivity index (χ0v) is 12.1. The van der Waals surface area contributed by atoms with Crippen molar-refractivity contribution in [2.75, 3.05) is 17.6 Å². The van der Waals surface area contributed by atoms with Crippen LogP contribution in [0.1, 0.15) is 24.8 Å². The standard InChI is InChI=1S/C13H16F2N2S2/c14-10-5-8(13(16)18)6-11(15)12(10)17-7-9-3-1-2-4-19-9/h5-6,9,17H,1-4,7H2,(H2,16,18). The summed E-state index contributed by atoms with van der Waals surface area (Å²) in [4.78, 5) is -0.00724. The van der Waals surface area contributed by atoms with Gasteiger partial charge in [0.2, 0.25) is 0 Å². The lowest BCUT2D eigenvalue weighted by Gasteiger charge is -2.22. The summed E-state index contributed by atoms with van der Waals surface area (Å²) < 4.78 is 27.6. The molecule has 0 aromatic heterocycles. The van der Waals surface area contributed by atoms with Crippen molar-refractivity contribution in [3.63, 3.8) is 0 Å². The van der Waals surface area contributed by atoms with Gasteiger partial charge in [0.05, 0.1) is 0 Å². The van der Waals surface area contributed by atoms with Gasteiger partial charge in [0.25, 0.3) is 0 Å². The first-order chi connectivity index (χ1) is 9.08. The lowest BCUT2D eigenvalue weighted by Crippen LogP contribution is -2.21. The van der Waals surface area contributed by atoms with Crippen molar-refractivity contribution in [3.8, 4) is 0 Å². The summed E-state index contributed by atoms with van der Waals surface area (Å²) in [6.07, 6.45) is 3.50. The second-order valence-electron chi connectivity index (χ2n) is 4.55. The lowest BCUT2D eigenvalue weighted by molar-refractivity contribution is 0.585. The maximum Gasteiger partial charge on any atom is 0.150 e. The number of hydrogen-bond acceptors (Lipinski definition) is 3. The first kappa shape index (κ1) is 14.5. The van der Waals surface area contributed by atoms with Gasteiger partial charge in [0.1, 0.15) is 22.3 Å². The van der Waals surface area contributed by atoms with Crippen molar-refractivity contribution in [1.82, 2.24) is 0 Å². The van der Waals surface area contributed by atoms with Gasteiger partial charge in [-0.3, -0.25) is 0 Å². The molecular formula is C13H16F2N2S2. The van der Waals surface area contributed by atoms with Gasteiger partial charge in [-0.05, 0) is 30.7 Å². The third kappa shape index (κ3) is 3.79. The molecule has 0 radical (unpaired) electrons. The third-order valence-corrected chi connectivity index (χ3v) is 4.74. The maximum atomic E-state index is 13.8. The zero-order chi connectivity index (χ0) is 13.8. The van der Waals surface area contributed by atoms with Crippen LogP contribution in [0.3, 0.4) is 0 Å². The summed E-state index contributed by atoms with van der Waals surface area (Å²) in [7, 11) is 0. The van der Waals surface area contributed by atoms with E-state index in [9.17, 15) is 8.78 Å². The minimum atomic E-state index is -0.649. The molecular weight excluding hydrogens is 286 g/mol. The highest BCUT2D eigenvalue weighted by Crippen LogP contribution is 2.27. The number of nitrogens with one attached hydrogen (secondary N) is 1. The monoisotopic (exact) mass is 302 g/mol. The van der Waals surface area contributed by atoms with Crippen LogP contribution < -0.4 is 11.1 Å². The minimum Gasteiger partial charge on any atom is -0.389 e. The summed E-state index contributed by atoms with van der Waals surface area (Å²) >= 11 is 6.57. The van der Waals surface area contributed by atoms with E-state index in [2.05, 4.69) is 5.32 Å². The van der Waals surface area contributed by atoms with Gasteiger partial charge in [0.15, 0.2) is 0 Å². The highest BCUT2D eigenvalue weighted by atomic mass is 32.2. The molecule has 1 aliphatic heterocycles. The van der Waals surface area contributed by atoms with Crippen molar-refractivity contribution in [2.45, 2.75) is 24.5 Å². The van der Waals surface area contributed by atoms with E-state index in [0.29, 0.717) is 11.8 Å². The second kappa shape index (κ2) is 6.52. The van der Waals surface area contributed by atoms with Gasteiger partial charge >= 0.3 is 0 Å². The third-order valence-electron chi connectivity index (χ3n) is 3.11. The highest BCUT2D eigenvalue weighted by Gasteiger charge is 2.17. The normalized spacial score (nSPS) is 19.2. The van der Waals surface area contributed by atoms with E-state index in [4.69, 9.17) is 18.0 Å². The molecule has 1 unspecified atom stereocenters. The lowest BCUT2D eigenvalue weighted by atomic mass is 10.1. The number of benzene rings is 1. The molecule has 0 spiro atoms. The van der Waals surface area contributed by atoms with E-state index >= 15 is 0 Å². The van der Waals surface area contributed by atoms with Gasteiger partial charge < -0.3 is 11.1 Å². The second-order valence-corrected chi connectivity index (χ2v) is 6.40. The number of halogens is 2. The Morgan fingerprint density at radius 3 is 2.58 bits per heavy atom. The molecule has 104 valence electrons. The van der Waals surface area contributed by atoms with Crippen molar-refractivity contribution in [2.24, 2.45) is 5.73 Å². The van der Waals surface area contributed by atoms with Crippen LogP contribution in [0, 0.1) is 11.6 Å². The minimum absolute atomic E-state index is 0.00724. The molecule has 1 heterocycles. The Bertz CT molecular complexity index is 451. The summed E-state index contributed by atoms with van der Waals surface area (Å²) in [5.74, 6) is -0.176. The van der Waals surface area contributed by atoms with E-state index in [0.717, 1.165) is 12.2 Å². The summed E-state index contributed by atoms with van der Waals surface area (Å²) in [6.45, 7) is 0.574. The predicted octanol–water partition coefficient (Wildman–Crippen LogP) is 3.30. The largest absolute Gasteiger partial charge is 0.389 e. The molecule has 2 rings (SSSR count). The van der Waals surface area contributed by atoms with Crippen LogP contribution in [-0.2, 0) is 0 Å². The van der Waals surface area contributed by atoms with Crippen LogP contribution in [0.5, 0.6) is 0 Å². The molecule has 6 heteroatoms. The average molecular weight is 302 g/mol. The van der Waals surface area contributed by atoms with Crippen molar-refractivity contribution in [1.29, 1.82) is 0 Å². The SMILES string of the molecule is NC(=S)c1cc(F)c(NCC2CCCCS2)c(F)c1. The van der Waals surface area contributed by atoms with Crippen LogP contribution in [0.25, 0.3) is 0 Å². The van der Waals surface area contributed by atoms with Gasteiger partial charge in [-0.15, -0.1) is 0 Å². The average Bonchev–Trinajstić information content (AvgIpc) is 2.38. The van der Waals surface area contributed by atoms with Gasteiger partial charge in [-0.2, -0.15) is 11.8 Å². The molecule has 19 heavy (non-hydrogen) atoms. The fourth-order valence-corrected chi connectivity index (χ4v) is 3.43. The van der Waals surface area contributed by atoms with E-state index in [1.54, 1.807) is 0 Å². The zero-order valence-electron chi connectivity index (χ0n) is 10.4. The number of hydrogen-bond donors (Lipinski definition) is 2. The molecule has 2 nitrogen and oxygen atoms in total. The molecule has 1 aromatic carbocycles. The number of anilines is 1. The maximum absolute atomic E-state index is 13.8. The molecule has 1 aliphatic rings. The molecule has 1 fully saturated rings. The van der Waals surface area contributed by atoms with E-state index in [1.807, 2.05) is 11.8 Å². The van der Waals surface area contributed by atoms with E-state index < -0.39 is 11.6 Å². The van der Waals surface area contributed by atoms with Gasteiger partial charge in [-0.25, -0.2) is 8.78 Å². The van der Waals surface area contributed by atoms with Crippen molar-refractivity contribution >= 4 is 34.7 Å². The van der Waals surface area contributed by atoms with Crippen molar-refractivity contribution in [3.05, 3.63) is 29.3 Å². The Balaban J connectivity index is 2.05. The molecule has 0 saturated carbocycles. The van der Waals surface area contributed by atoms with Crippen LogP contribution in [0.4, 0.5) is 14.5 Å². The molecule has 0 bridgehead atoms. The Hall–Kier alpha value is -0.880. The van der Waals surface area contributed by atoms with Crippen LogP contribution in [0.15, 0.2) is 12.1 Å². The molecule has 0 amide bonds. The highest BCUT2D eigenvalue weighted by molar-refractivity contribution is 7.99. The first-order valence-electron chi connectivity index (χ1n) is 6.22. The van der Waals surface area contributed by atoms with E-state index in [-0.39, 0.29) is 16.2 Å². The number of rotatable bonds is 4. The quantitative estimate of drug-likeness (QED) is 0.837. The van der Waals surface area contributed by atoms with Crippen LogP contribution in [-0.4, -0.2) is 22.5 Å². The predicted molar refractivity (Wildman–Crippen MR) is 80.8 cm³/mol. The van der Waals surface area contributed by atoms with Crippen LogP contribution in [0.2, 0.25) is 0 Å². The summed E-state index contributed by atoms with van der Waals surface area (Å²) in [5.41, 5.74) is 5.49. The Morgan fingerprint density at radius 1 is 1.37 bits per heavy atom. The topological polar surface area (TPSA) is 38.0 Å². The van der Waals surface area contributed by atoms with Gasteiger partial charge in [0, 0.05) is 17.4 Å². The Kier molecular flexibility index (Phi) is 4.99. The first-order valence-corrected chi connectivity index (χ1v) is 7.68. The summed E-state index contributed by atoms with van der Waals surface area (Å²) in [6, 6.07) is 2.34. The van der Waals surface area contributed by atoms with Crippen molar-refractivity contribution < 1.29 is 8.78 Å². The molecule has 3 N–H and O–H groups in total. The fraction of sp³-hybridized carbons (Fsp3) is 0.462. The Morgan fingerprint density at radius 2 is 2.05 bits per heavy atom. The molecule has 0 aliphatic carbocycles. The fourth-order valence-electron chi connectivity index (χ4n) is 2.07. The molecule has 1 atom stereocenters. The number of thiocarbonyl (C=S) groups is 1. The number of thioether (sulfide) groups is 1. The smallest absolute Gasteiger partial charge is 0.150 e. The molecule has 1 saturated heterocycles. The Labute approximate surface area is 121 Å². The van der Waals surface area contributed by atoms with Crippen LogP contribution >= 0.6 is 24.0 Å². The van der Waals surface area contributed by atoms with Gasteiger partial charge in [-0.1, -0.05) is 18.6 Å². The summed E-state index contributed by atoms with van der Waals surface area (Å²) in [5, 5.41) is 3.28. The number of nitrogens with two attached hydrogens (primary N) is 1. The molecule has 1 aromatic rings.